The van der Waals surface area contributed by atoms with Gasteiger partial charge in [-0.3, -0.25) is 9.59 Å². The molecule has 1 rings (SSSR count). The van der Waals surface area contributed by atoms with Crippen LogP contribution in [0.25, 0.3) is 0 Å². The first kappa shape index (κ1) is 14.7. The van der Waals surface area contributed by atoms with Gasteiger partial charge in [0.25, 0.3) is 0 Å². The summed E-state index contributed by atoms with van der Waals surface area (Å²) >= 11 is 0. The normalized spacial score (nSPS) is 24.9. The maximum atomic E-state index is 12.4. The Bertz CT molecular complexity index is 349. The first-order valence-corrected chi connectivity index (χ1v) is 6.50. The molecule has 0 radical (unpaired) electrons. The molecule has 1 unspecified atom stereocenters. The summed E-state index contributed by atoms with van der Waals surface area (Å²) in [4.78, 5) is 25.3. The highest BCUT2D eigenvalue weighted by atomic mass is 16.4. The van der Waals surface area contributed by atoms with Gasteiger partial charge in [-0.1, -0.05) is 26.0 Å². The van der Waals surface area contributed by atoms with E-state index in [1.165, 1.54) is 0 Å². The molecule has 4 nitrogen and oxygen atoms in total. The Morgan fingerprint density at radius 3 is 2.11 bits per heavy atom. The summed E-state index contributed by atoms with van der Waals surface area (Å²) in [6, 6.07) is 0.123. The van der Waals surface area contributed by atoms with E-state index >= 15 is 0 Å². The van der Waals surface area contributed by atoms with Gasteiger partial charge in [0, 0.05) is 13.1 Å². The van der Waals surface area contributed by atoms with E-state index in [9.17, 15) is 14.7 Å². The lowest BCUT2D eigenvalue weighted by atomic mass is 9.81. The first-order valence-electron chi connectivity index (χ1n) is 6.50. The molecule has 0 aliphatic heterocycles. The van der Waals surface area contributed by atoms with Gasteiger partial charge in [-0.15, -0.1) is 0 Å². The molecule has 1 amide bonds. The first-order chi connectivity index (χ1) is 8.36. The molecule has 3 atom stereocenters. The maximum Gasteiger partial charge on any atom is 0.307 e. The quantitative estimate of drug-likeness (QED) is 0.781. The molecule has 0 saturated heterocycles. The Kier molecular flexibility index (Phi) is 4.93. The largest absolute Gasteiger partial charge is 0.481 e. The summed E-state index contributed by atoms with van der Waals surface area (Å²) in [5.41, 5.74) is 0. The molecule has 18 heavy (non-hydrogen) atoms. The molecule has 0 heterocycles. The molecule has 0 fully saturated rings. The third-order valence-electron chi connectivity index (χ3n) is 3.99. The van der Waals surface area contributed by atoms with Crippen LogP contribution in [0.1, 0.15) is 33.6 Å². The number of carbonyl (C=O) groups is 2. The van der Waals surface area contributed by atoms with Gasteiger partial charge in [-0.25, -0.2) is 0 Å². The minimum Gasteiger partial charge on any atom is -0.481 e. The lowest BCUT2D eigenvalue weighted by molar-refractivity contribution is -0.151. The molecule has 0 aromatic heterocycles. The number of amides is 1. The third-order valence-corrected chi connectivity index (χ3v) is 3.99. The van der Waals surface area contributed by atoms with E-state index in [0.717, 1.165) is 0 Å². The molecule has 0 bridgehead atoms. The molecule has 4 heteroatoms. The summed E-state index contributed by atoms with van der Waals surface area (Å²) < 4.78 is 0. The van der Waals surface area contributed by atoms with Crippen LogP contribution < -0.4 is 0 Å². The second kappa shape index (κ2) is 6.03. The number of carbonyl (C=O) groups excluding carboxylic acids is 1. The Balaban J connectivity index is 2.81. The Morgan fingerprint density at radius 2 is 1.67 bits per heavy atom. The van der Waals surface area contributed by atoms with Gasteiger partial charge in [0.2, 0.25) is 5.91 Å². The molecule has 102 valence electrons. The number of nitrogens with zero attached hydrogens (tertiary/aromatic N) is 1. The zero-order valence-electron chi connectivity index (χ0n) is 11.6. The fourth-order valence-corrected chi connectivity index (χ4v) is 2.27. The van der Waals surface area contributed by atoms with E-state index in [1.54, 1.807) is 11.9 Å². The highest BCUT2D eigenvalue weighted by molar-refractivity contribution is 5.85. The van der Waals surface area contributed by atoms with Crippen molar-refractivity contribution in [3.05, 3.63) is 12.2 Å². The molecule has 0 saturated carbocycles. The second-order valence-corrected chi connectivity index (χ2v) is 5.43. The van der Waals surface area contributed by atoms with E-state index in [1.807, 2.05) is 19.1 Å². The van der Waals surface area contributed by atoms with Crippen LogP contribution in [0.2, 0.25) is 0 Å². The topological polar surface area (TPSA) is 57.6 Å². The molecular formula is C14H23NO3. The highest BCUT2D eigenvalue weighted by Gasteiger charge is 2.36. The van der Waals surface area contributed by atoms with Gasteiger partial charge in [0.05, 0.1) is 11.8 Å². The fraction of sp³-hybridized carbons (Fsp3) is 0.714. The SMILES string of the molecule is CC(C)C(C)N(C)C(=O)[C@@H]1CC=CC[C@@H]1C(=O)O. The minimum atomic E-state index is -0.872. The number of rotatable bonds is 4. The van der Waals surface area contributed by atoms with Gasteiger partial charge >= 0.3 is 5.97 Å². The molecule has 1 aliphatic rings. The minimum absolute atomic E-state index is 0.0482. The van der Waals surface area contributed by atoms with Crippen molar-refractivity contribution in [1.29, 1.82) is 0 Å². The predicted octanol–water partition coefficient (Wildman–Crippen LogP) is 2.16. The van der Waals surface area contributed by atoms with Gasteiger partial charge in [-0.2, -0.15) is 0 Å². The standard InChI is InChI=1S/C14H23NO3/c1-9(2)10(3)15(4)13(16)11-7-5-6-8-12(11)14(17)18/h5-6,9-12H,7-8H2,1-4H3,(H,17,18)/t10?,11-,12+/m1/s1. The monoisotopic (exact) mass is 253 g/mol. The van der Waals surface area contributed by atoms with Crippen LogP contribution in [-0.2, 0) is 9.59 Å². The van der Waals surface area contributed by atoms with Crippen LogP contribution in [0.15, 0.2) is 12.2 Å². The summed E-state index contributed by atoms with van der Waals surface area (Å²) in [5, 5.41) is 9.18. The lowest BCUT2D eigenvalue weighted by Gasteiger charge is -2.33. The third kappa shape index (κ3) is 3.12. The van der Waals surface area contributed by atoms with Crippen LogP contribution in [-0.4, -0.2) is 35.0 Å². The lowest BCUT2D eigenvalue weighted by Crippen LogP contribution is -2.45. The number of carboxylic acids is 1. The zero-order chi connectivity index (χ0) is 13.9. The van der Waals surface area contributed by atoms with Gasteiger partial charge < -0.3 is 10.0 Å². The average Bonchev–Trinajstić information content (AvgIpc) is 2.35. The Morgan fingerprint density at radius 1 is 1.17 bits per heavy atom. The molecule has 1 N–H and O–H groups in total. The summed E-state index contributed by atoms with van der Waals surface area (Å²) in [5.74, 6) is -1.55. The fourth-order valence-electron chi connectivity index (χ4n) is 2.27. The number of aliphatic carboxylic acids is 1. The van der Waals surface area contributed by atoms with Crippen LogP contribution in [0.5, 0.6) is 0 Å². The molecule has 1 aliphatic carbocycles. The van der Waals surface area contributed by atoms with Crippen molar-refractivity contribution < 1.29 is 14.7 Å². The molecular weight excluding hydrogens is 230 g/mol. The smallest absolute Gasteiger partial charge is 0.307 e. The van der Waals surface area contributed by atoms with Crippen molar-refractivity contribution in [2.45, 2.75) is 39.7 Å². The number of allylic oxidation sites excluding steroid dienone is 2. The van der Waals surface area contributed by atoms with Crippen LogP contribution in [0, 0.1) is 17.8 Å². The van der Waals surface area contributed by atoms with Gasteiger partial charge in [-0.05, 0) is 25.7 Å². The summed E-state index contributed by atoms with van der Waals surface area (Å²) in [6.45, 7) is 6.12. The second-order valence-electron chi connectivity index (χ2n) is 5.43. The van der Waals surface area contributed by atoms with Crippen molar-refractivity contribution in [2.75, 3.05) is 7.05 Å². The molecule has 0 spiro atoms. The van der Waals surface area contributed by atoms with Crippen LogP contribution in [0.3, 0.4) is 0 Å². The van der Waals surface area contributed by atoms with E-state index in [4.69, 9.17) is 0 Å². The number of carboxylic acid groups (broad SMARTS) is 1. The van der Waals surface area contributed by atoms with Crippen molar-refractivity contribution in [1.82, 2.24) is 4.90 Å². The van der Waals surface area contributed by atoms with Crippen molar-refractivity contribution >= 4 is 11.9 Å². The summed E-state index contributed by atoms with van der Waals surface area (Å²) in [7, 11) is 1.77. The van der Waals surface area contributed by atoms with Gasteiger partial charge in [0.15, 0.2) is 0 Å². The van der Waals surface area contributed by atoms with Crippen molar-refractivity contribution in [3.63, 3.8) is 0 Å². The van der Waals surface area contributed by atoms with Crippen LogP contribution in [0.4, 0.5) is 0 Å². The highest BCUT2D eigenvalue weighted by Crippen LogP contribution is 2.28. The van der Waals surface area contributed by atoms with E-state index in [2.05, 4.69) is 13.8 Å². The predicted molar refractivity (Wildman–Crippen MR) is 70.1 cm³/mol. The number of hydrogen-bond acceptors (Lipinski definition) is 2. The van der Waals surface area contributed by atoms with Crippen molar-refractivity contribution in [3.8, 4) is 0 Å². The van der Waals surface area contributed by atoms with E-state index < -0.39 is 17.8 Å². The van der Waals surface area contributed by atoms with E-state index in [-0.39, 0.29) is 11.9 Å². The molecule has 0 aromatic carbocycles. The van der Waals surface area contributed by atoms with Gasteiger partial charge in [0.1, 0.15) is 0 Å². The maximum absolute atomic E-state index is 12.4. The Hall–Kier alpha value is -1.32. The average molecular weight is 253 g/mol. The summed E-state index contributed by atoms with van der Waals surface area (Å²) in [6.07, 6.45) is 4.75. The van der Waals surface area contributed by atoms with Crippen LogP contribution >= 0.6 is 0 Å². The van der Waals surface area contributed by atoms with E-state index in [0.29, 0.717) is 18.8 Å². The zero-order valence-corrected chi connectivity index (χ0v) is 11.6. The number of hydrogen-bond donors (Lipinski definition) is 1. The Labute approximate surface area is 109 Å². The molecule has 0 aromatic rings. The van der Waals surface area contributed by atoms with Crippen molar-refractivity contribution in [2.24, 2.45) is 17.8 Å².